The fourth-order valence-corrected chi connectivity index (χ4v) is 3.48. The van der Waals surface area contributed by atoms with Gasteiger partial charge in [-0.3, -0.25) is 4.79 Å². The van der Waals surface area contributed by atoms with Crippen molar-refractivity contribution in [1.29, 1.82) is 0 Å². The molecule has 6 heteroatoms. The molecule has 0 N–H and O–H groups in total. The second-order valence-electron chi connectivity index (χ2n) is 4.77. The number of halogens is 2. The largest absolute Gasteiger partial charge is 0.273 e. The maximum Gasteiger partial charge on any atom is 0.240 e. The van der Waals surface area contributed by atoms with Gasteiger partial charge in [0.2, 0.25) is 5.91 Å². The molecule has 21 heavy (non-hydrogen) atoms. The molecule has 0 spiro atoms. The summed E-state index contributed by atoms with van der Waals surface area (Å²) >= 11 is 7.67. The average Bonchev–Trinajstić information content (AvgIpc) is 3.07. The van der Waals surface area contributed by atoms with Crippen molar-refractivity contribution in [3.63, 3.8) is 0 Å². The van der Waals surface area contributed by atoms with Gasteiger partial charge in [0.1, 0.15) is 5.82 Å². The molecule has 1 aromatic carbocycles. The molecule has 3 rings (SSSR count). The van der Waals surface area contributed by atoms with Crippen LogP contribution in [0.25, 0.3) is 0 Å². The number of amides is 1. The van der Waals surface area contributed by atoms with E-state index in [2.05, 4.69) is 5.10 Å². The highest BCUT2D eigenvalue weighted by molar-refractivity contribution is 7.10. The Balaban J connectivity index is 1.97. The van der Waals surface area contributed by atoms with Gasteiger partial charge < -0.3 is 0 Å². The van der Waals surface area contributed by atoms with E-state index in [0.29, 0.717) is 22.7 Å². The van der Waals surface area contributed by atoms with Gasteiger partial charge in [0, 0.05) is 23.8 Å². The predicted molar refractivity (Wildman–Crippen MR) is 82.1 cm³/mol. The van der Waals surface area contributed by atoms with Crippen LogP contribution in [0, 0.1) is 5.82 Å². The van der Waals surface area contributed by atoms with E-state index >= 15 is 0 Å². The topological polar surface area (TPSA) is 32.7 Å². The molecule has 0 fully saturated rings. The second kappa shape index (κ2) is 5.58. The Kier molecular flexibility index (Phi) is 3.78. The number of carbonyl (C=O) groups excluding carboxylic acids is 1. The van der Waals surface area contributed by atoms with E-state index in [-0.39, 0.29) is 17.8 Å². The molecule has 0 aliphatic carbocycles. The molecule has 0 bridgehead atoms. The van der Waals surface area contributed by atoms with Gasteiger partial charge in [0.15, 0.2) is 0 Å². The van der Waals surface area contributed by atoms with Crippen LogP contribution >= 0.6 is 22.9 Å². The van der Waals surface area contributed by atoms with E-state index in [4.69, 9.17) is 11.6 Å². The molecular formula is C15H12ClFN2OS. The van der Waals surface area contributed by atoms with Crippen molar-refractivity contribution in [2.24, 2.45) is 5.10 Å². The molecule has 2 aromatic rings. The van der Waals surface area contributed by atoms with E-state index in [1.54, 1.807) is 17.4 Å². The molecule has 0 saturated heterocycles. The minimum Gasteiger partial charge on any atom is -0.273 e. The molecule has 1 aliphatic heterocycles. The molecule has 1 aromatic heterocycles. The van der Waals surface area contributed by atoms with E-state index in [9.17, 15) is 9.18 Å². The van der Waals surface area contributed by atoms with Crippen molar-refractivity contribution in [2.75, 3.05) is 0 Å². The summed E-state index contributed by atoms with van der Waals surface area (Å²) in [5, 5.41) is 8.14. The van der Waals surface area contributed by atoms with E-state index in [0.717, 1.165) is 4.88 Å². The maximum atomic E-state index is 13.2. The van der Waals surface area contributed by atoms with Gasteiger partial charge >= 0.3 is 0 Å². The third-order valence-corrected chi connectivity index (χ3v) is 4.63. The van der Waals surface area contributed by atoms with Crippen molar-refractivity contribution in [3.8, 4) is 0 Å². The molecule has 0 unspecified atom stereocenters. The van der Waals surface area contributed by atoms with Crippen LogP contribution < -0.4 is 0 Å². The summed E-state index contributed by atoms with van der Waals surface area (Å²) < 4.78 is 13.2. The van der Waals surface area contributed by atoms with Crippen LogP contribution in [-0.4, -0.2) is 16.6 Å². The van der Waals surface area contributed by atoms with E-state index < -0.39 is 0 Å². The monoisotopic (exact) mass is 322 g/mol. The van der Waals surface area contributed by atoms with Crippen LogP contribution in [0.15, 0.2) is 40.8 Å². The minimum atomic E-state index is -0.388. The summed E-state index contributed by atoms with van der Waals surface area (Å²) in [5.41, 5.74) is 1.37. The second-order valence-corrected chi connectivity index (χ2v) is 6.16. The van der Waals surface area contributed by atoms with Gasteiger partial charge in [-0.1, -0.05) is 17.7 Å². The average molecular weight is 323 g/mol. The van der Waals surface area contributed by atoms with Crippen LogP contribution in [0.4, 0.5) is 4.39 Å². The summed E-state index contributed by atoms with van der Waals surface area (Å²) in [6, 6.07) is 8.03. The molecule has 3 nitrogen and oxygen atoms in total. The lowest BCUT2D eigenvalue weighted by Crippen LogP contribution is -2.23. The standard InChI is InChI=1S/C15H12ClFN2OS/c1-9(20)19-14(15-3-2-6-21-15)8-13(18-19)11-5-4-10(17)7-12(11)16/h2-7,14H,8H2,1H3/t14-/m0/s1. The molecular weight excluding hydrogens is 311 g/mol. The number of carbonyl (C=O) groups is 1. The lowest BCUT2D eigenvalue weighted by molar-refractivity contribution is -0.130. The number of rotatable bonds is 2. The molecule has 1 amide bonds. The highest BCUT2D eigenvalue weighted by Crippen LogP contribution is 2.36. The number of hydrogen-bond acceptors (Lipinski definition) is 3. The Morgan fingerprint density at radius 3 is 2.90 bits per heavy atom. The molecule has 108 valence electrons. The fraction of sp³-hybridized carbons (Fsp3) is 0.200. The summed E-state index contributed by atoms with van der Waals surface area (Å²) in [7, 11) is 0. The van der Waals surface area contributed by atoms with E-state index in [1.807, 2.05) is 17.5 Å². The first-order valence-electron chi connectivity index (χ1n) is 6.42. The number of benzene rings is 1. The lowest BCUT2D eigenvalue weighted by Gasteiger charge is -2.18. The minimum absolute atomic E-state index is 0.112. The van der Waals surface area contributed by atoms with Gasteiger partial charge in [-0.2, -0.15) is 5.10 Å². The Bertz CT molecular complexity index is 714. The summed E-state index contributed by atoms with van der Waals surface area (Å²) in [6.07, 6.45) is 0.575. The van der Waals surface area contributed by atoms with Crippen LogP contribution in [0.2, 0.25) is 5.02 Å². The zero-order chi connectivity index (χ0) is 15.0. The summed E-state index contributed by atoms with van der Waals surface area (Å²) in [4.78, 5) is 12.9. The number of hydrazone groups is 1. The zero-order valence-corrected chi connectivity index (χ0v) is 12.8. The van der Waals surface area contributed by atoms with Crippen molar-refractivity contribution in [2.45, 2.75) is 19.4 Å². The van der Waals surface area contributed by atoms with Crippen LogP contribution in [0.1, 0.15) is 29.8 Å². The third kappa shape index (κ3) is 2.71. The van der Waals surface area contributed by atoms with E-state index in [1.165, 1.54) is 24.1 Å². The van der Waals surface area contributed by atoms with Crippen LogP contribution in [0.5, 0.6) is 0 Å². The fourth-order valence-electron chi connectivity index (χ4n) is 2.39. The first-order chi connectivity index (χ1) is 10.1. The summed E-state index contributed by atoms with van der Waals surface area (Å²) in [5.74, 6) is -0.512. The normalized spacial score (nSPS) is 18.0. The van der Waals surface area contributed by atoms with Crippen molar-refractivity contribution < 1.29 is 9.18 Å². The molecule has 0 radical (unpaired) electrons. The number of hydrogen-bond donors (Lipinski definition) is 0. The van der Waals surface area contributed by atoms with Crippen molar-refractivity contribution in [1.82, 2.24) is 5.01 Å². The van der Waals surface area contributed by atoms with Gasteiger partial charge in [-0.15, -0.1) is 11.3 Å². The Hall–Kier alpha value is -1.72. The first-order valence-corrected chi connectivity index (χ1v) is 7.68. The quantitative estimate of drug-likeness (QED) is 0.814. The first kappa shape index (κ1) is 14.2. The van der Waals surface area contributed by atoms with Gasteiger partial charge in [-0.05, 0) is 29.6 Å². The molecule has 1 aliphatic rings. The third-order valence-electron chi connectivity index (χ3n) is 3.35. The lowest BCUT2D eigenvalue weighted by atomic mass is 10.0. The van der Waals surface area contributed by atoms with Crippen LogP contribution in [0.3, 0.4) is 0 Å². The Morgan fingerprint density at radius 1 is 1.48 bits per heavy atom. The van der Waals surface area contributed by atoms with Crippen molar-refractivity contribution >= 4 is 34.6 Å². The maximum absolute atomic E-state index is 13.2. The van der Waals surface area contributed by atoms with Gasteiger partial charge in [-0.25, -0.2) is 9.40 Å². The molecule has 1 atom stereocenters. The van der Waals surface area contributed by atoms with Crippen LogP contribution in [-0.2, 0) is 4.79 Å². The SMILES string of the molecule is CC(=O)N1N=C(c2ccc(F)cc2Cl)C[C@H]1c1cccs1. The highest BCUT2D eigenvalue weighted by Gasteiger charge is 2.32. The van der Waals surface area contributed by atoms with Gasteiger partial charge in [0.25, 0.3) is 0 Å². The number of thiophene rings is 1. The zero-order valence-electron chi connectivity index (χ0n) is 11.2. The summed E-state index contributed by atoms with van der Waals surface area (Å²) in [6.45, 7) is 1.49. The Morgan fingerprint density at radius 2 is 2.29 bits per heavy atom. The Labute approximate surface area is 130 Å². The van der Waals surface area contributed by atoms with Crippen molar-refractivity contribution in [3.05, 3.63) is 57.0 Å². The smallest absolute Gasteiger partial charge is 0.240 e. The molecule has 0 saturated carbocycles. The molecule has 2 heterocycles. The van der Waals surface area contributed by atoms with Gasteiger partial charge in [0.05, 0.1) is 16.8 Å². The number of nitrogens with zero attached hydrogens (tertiary/aromatic N) is 2. The highest BCUT2D eigenvalue weighted by atomic mass is 35.5. The predicted octanol–water partition coefficient (Wildman–Crippen LogP) is 4.24.